The Kier molecular flexibility index (Phi) is 4.61. The fraction of sp³-hybridized carbons (Fsp3) is 0.750. The predicted octanol–water partition coefficient (Wildman–Crippen LogP) is 4.71. The summed E-state index contributed by atoms with van der Waals surface area (Å²) in [6.45, 7) is 4.93. The van der Waals surface area contributed by atoms with Crippen molar-refractivity contribution in [1.29, 1.82) is 0 Å². The van der Waals surface area contributed by atoms with E-state index < -0.39 is 0 Å². The van der Waals surface area contributed by atoms with Crippen molar-refractivity contribution in [3.63, 3.8) is 0 Å². The smallest absolute Gasteiger partial charge is 0.252 e. The third-order valence-electron chi connectivity index (χ3n) is 9.65. The number of carbonyl (C=O) groups is 2. The molecule has 7 atom stereocenters. The van der Waals surface area contributed by atoms with Gasteiger partial charge in [-0.25, -0.2) is 0 Å². The maximum absolute atomic E-state index is 12.7. The molecular formula is C24H34N2O2S. The topological polar surface area (TPSA) is 49.4 Å². The molecule has 1 N–H and O–H groups in total. The van der Waals surface area contributed by atoms with Gasteiger partial charge in [0.05, 0.1) is 0 Å². The summed E-state index contributed by atoms with van der Waals surface area (Å²) in [5.41, 5.74) is 1.29. The van der Waals surface area contributed by atoms with Crippen LogP contribution < -0.4 is 5.32 Å². The van der Waals surface area contributed by atoms with E-state index in [1.54, 1.807) is 11.3 Å². The molecule has 3 aliphatic carbocycles. The zero-order valence-corrected chi connectivity index (χ0v) is 18.8. The Morgan fingerprint density at radius 3 is 2.66 bits per heavy atom. The van der Waals surface area contributed by atoms with Crippen molar-refractivity contribution in [2.24, 2.45) is 28.6 Å². The fourth-order valence-corrected chi connectivity index (χ4v) is 8.66. The van der Waals surface area contributed by atoms with Crippen molar-refractivity contribution in [3.8, 4) is 0 Å². The summed E-state index contributed by atoms with van der Waals surface area (Å²) in [5.74, 6) is 2.61. The van der Waals surface area contributed by atoms with Gasteiger partial charge in [0.1, 0.15) is 0 Å². The Morgan fingerprint density at radius 2 is 1.90 bits per heavy atom. The van der Waals surface area contributed by atoms with E-state index in [1.807, 2.05) is 23.9 Å². The van der Waals surface area contributed by atoms with E-state index in [1.165, 1.54) is 25.7 Å². The average Bonchev–Trinajstić information content (AvgIpc) is 3.34. The van der Waals surface area contributed by atoms with Crippen LogP contribution in [0.5, 0.6) is 0 Å². The fourth-order valence-electron chi connectivity index (χ4n) is 8.02. The van der Waals surface area contributed by atoms with Gasteiger partial charge in [-0.05, 0) is 85.0 Å². The van der Waals surface area contributed by atoms with E-state index in [2.05, 4.69) is 24.1 Å². The Hall–Kier alpha value is -1.36. The van der Waals surface area contributed by atoms with E-state index in [9.17, 15) is 9.59 Å². The van der Waals surface area contributed by atoms with Gasteiger partial charge >= 0.3 is 0 Å². The minimum atomic E-state index is 0.100. The van der Waals surface area contributed by atoms with Gasteiger partial charge in [0, 0.05) is 36.5 Å². The van der Waals surface area contributed by atoms with Crippen LogP contribution in [0.3, 0.4) is 0 Å². The van der Waals surface area contributed by atoms with Crippen molar-refractivity contribution < 1.29 is 9.59 Å². The van der Waals surface area contributed by atoms with Gasteiger partial charge in [0.25, 0.3) is 5.91 Å². The summed E-state index contributed by atoms with van der Waals surface area (Å²) in [6, 6.07) is 2.64. The molecule has 0 radical (unpaired) electrons. The highest BCUT2D eigenvalue weighted by molar-refractivity contribution is 7.08. The number of fused-ring (bicyclic) bond motifs is 5. The highest BCUT2D eigenvalue weighted by Crippen LogP contribution is 2.64. The molecule has 4 nitrogen and oxygen atoms in total. The summed E-state index contributed by atoms with van der Waals surface area (Å²) in [7, 11) is 2.03. The molecule has 0 spiro atoms. The molecule has 1 aromatic rings. The molecule has 1 aromatic heterocycles. The molecule has 4 fully saturated rings. The quantitative estimate of drug-likeness (QED) is 0.762. The second kappa shape index (κ2) is 6.83. The average molecular weight is 415 g/mol. The zero-order valence-electron chi connectivity index (χ0n) is 17.9. The predicted molar refractivity (Wildman–Crippen MR) is 116 cm³/mol. The highest BCUT2D eigenvalue weighted by Gasteiger charge is 2.61. The van der Waals surface area contributed by atoms with Gasteiger partial charge in [0.15, 0.2) is 0 Å². The van der Waals surface area contributed by atoms with E-state index in [0.717, 1.165) is 36.7 Å². The monoisotopic (exact) mass is 414 g/mol. The van der Waals surface area contributed by atoms with Crippen LogP contribution in [0.15, 0.2) is 16.8 Å². The second-order valence-electron chi connectivity index (χ2n) is 10.6. The summed E-state index contributed by atoms with van der Waals surface area (Å²) in [6.07, 6.45) is 8.97. The largest absolute Gasteiger partial charge is 0.349 e. The molecule has 3 saturated carbocycles. The lowest BCUT2D eigenvalue weighted by Crippen LogP contribution is -2.62. The number of nitrogens with one attached hydrogen (secondary N) is 1. The number of nitrogens with zero attached hydrogens (tertiary/aromatic N) is 1. The molecule has 158 valence electrons. The summed E-state index contributed by atoms with van der Waals surface area (Å²) in [4.78, 5) is 27.1. The Bertz CT molecular complexity index is 808. The number of likely N-dealkylation sites (tertiary alicyclic amines) is 1. The molecule has 5 heteroatoms. The summed E-state index contributed by atoms with van der Waals surface area (Å²) >= 11 is 1.58. The van der Waals surface area contributed by atoms with Gasteiger partial charge in [-0.15, -0.1) is 0 Å². The molecule has 4 aliphatic rings. The first-order chi connectivity index (χ1) is 13.8. The maximum Gasteiger partial charge on any atom is 0.252 e. The number of rotatable bonds is 2. The molecule has 0 unspecified atom stereocenters. The van der Waals surface area contributed by atoms with Crippen molar-refractivity contribution in [2.75, 3.05) is 7.05 Å². The van der Waals surface area contributed by atoms with Crippen molar-refractivity contribution in [3.05, 3.63) is 22.4 Å². The number of carbonyl (C=O) groups excluding carboxylic acids is 2. The molecule has 0 bridgehead atoms. The lowest BCUT2D eigenvalue weighted by atomic mass is 9.47. The molecule has 1 aliphatic heterocycles. The van der Waals surface area contributed by atoms with Gasteiger partial charge in [-0.2, -0.15) is 11.3 Å². The van der Waals surface area contributed by atoms with Crippen LogP contribution in [-0.2, 0) is 4.79 Å². The third-order valence-corrected chi connectivity index (χ3v) is 10.3. The standard InChI is InChI=1S/C24H34N2O2S/c1-23-11-8-18-16(4-7-20-24(18,2)12-9-21(27)26(20)3)17(23)5-6-19(23)25-22(28)15-10-13-29-14-15/h10,13-14,16-20H,4-9,11-12H2,1-3H3,(H,25,28)/t16-,17-,18-,19-,20+,23-,24+/m0/s1. The van der Waals surface area contributed by atoms with Crippen LogP contribution >= 0.6 is 11.3 Å². The molecular weight excluding hydrogens is 380 g/mol. The van der Waals surface area contributed by atoms with Crippen molar-refractivity contribution in [1.82, 2.24) is 10.2 Å². The molecule has 1 saturated heterocycles. The lowest BCUT2D eigenvalue weighted by Gasteiger charge is -2.61. The highest BCUT2D eigenvalue weighted by atomic mass is 32.1. The first-order valence-electron chi connectivity index (χ1n) is 11.4. The van der Waals surface area contributed by atoms with E-state index >= 15 is 0 Å². The van der Waals surface area contributed by atoms with Crippen molar-refractivity contribution in [2.45, 2.75) is 77.3 Å². The number of amides is 2. The number of piperidine rings is 1. The minimum absolute atomic E-state index is 0.100. The van der Waals surface area contributed by atoms with Gasteiger partial charge in [0.2, 0.25) is 5.91 Å². The van der Waals surface area contributed by atoms with Crippen LogP contribution in [0.1, 0.15) is 75.6 Å². The van der Waals surface area contributed by atoms with Crippen LogP contribution in [-0.4, -0.2) is 35.8 Å². The Morgan fingerprint density at radius 1 is 1.10 bits per heavy atom. The first kappa shape index (κ1) is 19.6. The van der Waals surface area contributed by atoms with Crippen LogP contribution in [0.25, 0.3) is 0 Å². The number of hydrogen-bond donors (Lipinski definition) is 1. The number of hydrogen-bond acceptors (Lipinski definition) is 3. The summed E-state index contributed by atoms with van der Waals surface area (Å²) in [5, 5.41) is 7.33. The van der Waals surface area contributed by atoms with E-state index in [-0.39, 0.29) is 16.7 Å². The molecule has 0 aromatic carbocycles. The second-order valence-corrected chi connectivity index (χ2v) is 11.4. The van der Waals surface area contributed by atoms with Gasteiger partial charge in [-0.3, -0.25) is 9.59 Å². The molecule has 2 amide bonds. The first-order valence-corrected chi connectivity index (χ1v) is 12.4. The molecule has 5 rings (SSSR count). The summed E-state index contributed by atoms with van der Waals surface area (Å²) < 4.78 is 0. The maximum atomic E-state index is 12.7. The minimum Gasteiger partial charge on any atom is -0.349 e. The van der Waals surface area contributed by atoms with Crippen LogP contribution in [0, 0.1) is 28.6 Å². The molecule has 29 heavy (non-hydrogen) atoms. The Labute approximate surface area is 178 Å². The molecule has 2 heterocycles. The SMILES string of the molecule is CN1C(=O)CC[C@]2(C)[C@H]3CC[C@]4(C)[C@@H](NC(=O)c5ccsc5)CC[C@H]4[C@@H]3CC[C@@H]12. The number of thiophene rings is 1. The lowest BCUT2D eigenvalue weighted by molar-refractivity contribution is -0.157. The normalized spacial score (nSPS) is 44.0. The van der Waals surface area contributed by atoms with Crippen molar-refractivity contribution >= 4 is 23.2 Å². The van der Waals surface area contributed by atoms with E-state index in [0.29, 0.717) is 30.3 Å². The third kappa shape index (κ3) is 2.83. The van der Waals surface area contributed by atoms with Gasteiger partial charge < -0.3 is 10.2 Å². The van der Waals surface area contributed by atoms with Crippen LogP contribution in [0.4, 0.5) is 0 Å². The Balaban J connectivity index is 1.36. The van der Waals surface area contributed by atoms with E-state index in [4.69, 9.17) is 0 Å². The zero-order chi connectivity index (χ0) is 20.4. The van der Waals surface area contributed by atoms with Gasteiger partial charge in [-0.1, -0.05) is 13.8 Å². The van der Waals surface area contributed by atoms with Crippen LogP contribution in [0.2, 0.25) is 0 Å².